The Hall–Kier alpha value is -1.61. The lowest BCUT2D eigenvalue weighted by Gasteiger charge is -2.07. The predicted molar refractivity (Wildman–Crippen MR) is 150 cm³/mol. The summed E-state index contributed by atoms with van der Waals surface area (Å²) in [4.78, 5) is 0. The fraction of sp³-hybridized carbons (Fsp3) is 0.719. The molecular formula is C32H55N2O+. The number of aryl methyl sites for hydroxylation is 1. The van der Waals surface area contributed by atoms with Crippen LogP contribution in [0, 0.1) is 0 Å². The van der Waals surface area contributed by atoms with Gasteiger partial charge >= 0.3 is 0 Å². The van der Waals surface area contributed by atoms with Crippen LogP contribution in [-0.4, -0.2) is 11.2 Å². The van der Waals surface area contributed by atoms with Crippen LogP contribution >= 0.6 is 0 Å². The molecule has 198 valence electrons. The van der Waals surface area contributed by atoms with E-state index >= 15 is 0 Å². The van der Waals surface area contributed by atoms with Gasteiger partial charge in [-0.25, -0.2) is 9.13 Å². The summed E-state index contributed by atoms with van der Waals surface area (Å²) in [5, 5.41) is 0. The predicted octanol–water partition coefficient (Wildman–Crippen LogP) is 9.48. The molecule has 0 amide bonds. The first-order valence-electron chi connectivity index (χ1n) is 15.1. The molecule has 0 aliphatic carbocycles. The lowest BCUT2D eigenvalue weighted by molar-refractivity contribution is -0.722. The van der Waals surface area contributed by atoms with Crippen molar-refractivity contribution >= 4 is 0 Å². The van der Waals surface area contributed by atoms with Crippen LogP contribution in [0.2, 0.25) is 0 Å². The van der Waals surface area contributed by atoms with E-state index in [1.54, 1.807) is 0 Å². The van der Waals surface area contributed by atoms with E-state index in [4.69, 9.17) is 4.74 Å². The Morgan fingerprint density at radius 1 is 0.629 bits per heavy atom. The molecule has 0 spiro atoms. The molecule has 2 rings (SSSR count). The summed E-state index contributed by atoms with van der Waals surface area (Å²) in [7, 11) is 0. The average molecular weight is 484 g/mol. The highest BCUT2D eigenvalue weighted by atomic mass is 16.5. The van der Waals surface area contributed by atoms with E-state index < -0.39 is 0 Å². The van der Waals surface area contributed by atoms with Crippen LogP contribution in [0.5, 0.6) is 0 Å². The van der Waals surface area contributed by atoms with Gasteiger partial charge in [-0.1, -0.05) is 128 Å². The van der Waals surface area contributed by atoms with Crippen LogP contribution in [0.3, 0.4) is 0 Å². The topological polar surface area (TPSA) is 18.0 Å². The third-order valence-corrected chi connectivity index (χ3v) is 7.13. The van der Waals surface area contributed by atoms with E-state index in [0.29, 0.717) is 6.73 Å². The Morgan fingerprint density at radius 3 is 1.71 bits per heavy atom. The monoisotopic (exact) mass is 483 g/mol. The van der Waals surface area contributed by atoms with Crippen LogP contribution in [0.1, 0.15) is 129 Å². The second-order valence-electron chi connectivity index (χ2n) is 10.3. The summed E-state index contributed by atoms with van der Waals surface area (Å²) in [6.45, 7) is 7.17. The molecule has 0 saturated carbocycles. The van der Waals surface area contributed by atoms with E-state index in [2.05, 4.69) is 65.7 Å². The molecule has 0 unspecified atom stereocenters. The summed E-state index contributed by atoms with van der Waals surface area (Å²) in [5.41, 5.74) is 1.28. The van der Waals surface area contributed by atoms with Crippen molar-refractivity contribution in [3.63, 3.8) is 0 Å². The first-order valence-corrected chi connectivity index (χ1v) is 15.1. The van der Waals surface area contributed by atoms with Gasteiger partial charge in [-0.3, -0.25) is 0 Å². The number of ether oxygens (including phenoxy) is 1. The van der Waals surface area contributed by atoms with Crippen LogP contribution in [-0.2, 0) is 18.0 Å². The molecule has 0 aliphatic heterocycles. The van der Waals surface area contributed by atoms with Gasteiger partial charge in [-0.2, -0.15) is 0 Å². The van der Waals surface area contributed by atoms with Crippen LogP contribution in [0.4, 0.5) is 0 Å². The third-order valence-electron chi connectivity index (χ3n) is 7.13. The minimum Gasteiger partial charge on any atom is -0.342 e. The third kappa shape index (κ3) is 13.3. The number of hydrogen-bond donors (Lipinski definition) is 0. The van der Waals surface area contributed by atoms with Gasteiger partial charge in [0.1, 0.15) is 12.4 Å². The first-order chi connectivity index (χ1) is 17.4. The SMILES string of the molecule is CCCCCCCCCCCCCCOC[n+]1ccn(CCCCCCCC)c1-c1ccccc1. The number of imidazole rings is 1. The van der Waals surface area contributed by atoms with Crippen molar-refractivity contribution < 1.29 is 9.30 Å². The Morgan fingerprint density at radius 2 is 1.14 bits per heavy atom. The maximum Gasteiger partial charge on any atom is 0.290 e. The van der Waals surface area contributed by atoms with Crippen molar-refractivity contribution in [3.05, 3.63) is 42.7 Å². The smallest absolute Gasteiger partial charge is 0.290 e. The summed E-state index contributed by atoms with van der Waals surface area (Å²) in [6, 6.07) is 10.8. The van der Waals surface area contributed by atoms with Crippen LogP contribution < -0.4 is 4.57 Å². The standard InChI is InChI=1S/C32H55N2O/c1-3-5-7-9-11-12-13-14-15-16-18-23-29-35-30-34-28-27-33(26-22-17-10-8-6-4-2)32(34)31-24-20-19-21-25-31/h19-21,24-25,27-28H,3-18,22-23,26,29-30H2,1-2H3/q+1. The zero-order valence-electron chi connectivity index (χ0n) is 23.2. The highest BCUT2D eigenvalue weighted by Crippen LogP contribution is 2.17. The fourth-order valence-corrected chi connectivity index (χ4v) is 4.94. The molecular weight excluding hydrogens is 428 g/mol. The molecule has 3 nitrogen and oxygen atoms in total. The van der Waals surface area contributed by atoms with Crippen molar-refractivity contribution in [3.8, 4) is 11.4 Å². The summed E-state index contributed by atoms with van der Waals surface area (Å²) >= 11 is 0. The molecule has 0 bridgehead atoms. The van der Waals surface area contributed by atoms with E-state index in [1.807, 2.05) is 0 Å². The molecule has 0 saturated heterocycles. The number of rotatable bonds is 23. The molecule has 0 fully saturated rings. The lowest BCUT2D eigenvalue weighted by atomic mass is 10.1. The van der Waals surface area contributed by atoms with Crippen molar-refractivity contribution in [2.75, 3.05) is 6.61 Å². The number of unbranched alkanes of at least 4 members (excludes halogenated alkanes) is 16. The van der Waals surface area contributed by atoms with Gasteiger partial charge in [0.2, 0.25) is 0 Å². The van der Waals surface area contributed by atoms with Gasteiger partial charge in [0, 0.05) is 0 Å². The van der Waals surface area contributed by atoms with Crippen molar-refractivity contribution in [1.82, 2.24) is 4.57 Å². The van der Waals surface area contributed by atoms with Gasteiger partial charge in [0.25, 0.3) is 5.82 Å². The van der Waals surface area contributed by atoms with Gasteiger partial charge < -0.3 is 4.74 Å². The number of benzene rings is 1. The lowest BCUT2D eigenvalue weighted by Crippen LogP contribution is -2.36. The number of aromatic nitrogens is 2. The Bertz CT molecular complexity index is 724. The second kappa shape index (κ2) is 20.6. The van der Waals surface area contributed by atoms with Crippen molar-refractivity contribution in [2.24, 2.45) is 0 Å². The molecule has 1 heterocycles. The molecule has 1 aromatic heterocycles. The Balaban J connectivity index is 1.63. The van der Waals surface area contributed by atoms with E-state index in [0.717, 1.165) is 13.2 Å². The summed E-state index contributed by atoms with van der Waals surface area (Å²) in [5.74, 6) is 1.27. The number of hydrogen-bond acceptors (Lipinski definition) is 1. The highest BCUT2D eigenvalue weighted by molar-refractivity contribution is 5.52. The van der Waals surface area contributed by atoms with Gasteiger partial charge in [-0.15, -0.1) is 0 Å². The molecule has 1 aromatic carbocycles. The van der Waals surface area contributed by atoms with Gasteiger partial charge in [0.15, 0.2) is 6.73 Å². The molecule has 0 atom stereocenters. The minimum absolute atomic E-state index is 0.645. The molecule has 0 radical (unpaired) electrons. The summed E-state index contributed by atoms with van der Waals surface area (Å²) < 4.78 is 10.8. The van der Waals surface area contributed by atoms with Crippen molar-refractivity contribution in [2.45, 2.75) is 143 Å². The van der Waals surface area contributed by atoms with Crippen molar-refractivity contribution in [1.29, 1.82) is 0 Å². The van der Waals surface area contributed by atoms with Gasteiger partial charge in [0.05, 0.1) is 18.7 Å². The molecule has 3 heteroatoms. The highest BCUT2D eigenvalue weighted by Gasteiger charge is 2.19. The quantitative estimate of drug-likeness (QED) is 0.114. The van der Waals surface area contributed by atoms with E-state index in [-0.39, 0.29) is 0 Å². The zero-order chi connectivity index (χ0) is 24.8. The maximum absolute atomic E-state index is 6.11. The fourth-order valence-electron chi connectivity index (χ4n) is 4.94. The Labute approximate surface area is 217 Å². The second-order valence-corrected chi connectivity index (χ2v) is 10.3. The first kappa shape index (κ1) is 29.6. The number of nitrogens with zero attached hydrogens (tertiary/aromatic N) is 2. The van der Waals surface area contributed by atoms with Gasteiger partial charge in [-0.05, 0) is 31.4 Å². The normalized spacial score (nSPS) is 11.4. The van der Waals surface area contributed by atoms with E-state index in [1.165, 1.54) is 127 Å². The minimum atomic E-state index is 0.645. The molecule has 35 heavy (non-hydrogen) atoms. The Kier molecular flexibility index (Phi) is 17.4. The van der Waals surface area contributed by atoms with Crippen LogP contribution in [0.15, 0.2) is 42.7 Å². The molecule has 0 N–H and O–H groups in total. The molecule has 2 aromatic rings. The van der Waals surface area contributed by atoms with E-state index in [9.17, 15) is 0 Å². The largest absolute Gasteiger partial charge is 0.342 e. The zero-order valence-corrected chi connectivity index (χ0v) is 23.2. The molecule has 0 aliphatic rings. The summed E-state index contributed by atoms with van der Waals surface area (Å²) in [6.07, 6.45) is 29.0. The maximum atomic E-state index is 6.11. The average Bonchev–Trinajstić information content (AvgIpc) is 3.29. The van der Waals surface area contributed by atoms with Crippen LogP contribution in [0.25, 0.3) is 11.4 Å².